The van der Waals surface area contributed by atoms with E-state index in [1.54, 1.807) is 6.08 Å². The number of rotatable bonds is 34. The zero-order chi connectivity index (χ0) is 29.2. The molecule has 0 saturated heterocycles. The number of hydrogen-bond acceptors (Lipinski definition) is 3. The van der Waals surface area contributed by atoms with Crippen LogP contribution in [-0.2, 0) is 14.3 Å². The Morgan fingerprint density at radius 1 is 0.525 bits per heavy atom. The van der Waals surface area contributed by atoms with Gasteiger partial charge >= 0.3 is 5.97 Å². The van der Waals surface area contributed by atoms with Crippen LogP contribution in [0.2, 0.25) is 0 Å². The van der Waals surface area contributed by atoms with Gasteiger partial charge in [0.2, 0.25) is 0 Å². The van der Waals surface area contributed by atoms with Crippen molar-refractivity contribution >= 4 is 5.97 Å². The molecule has 0 unspecified atom stereocenters. The quantitative estimate of drug-likeness (QED) is 0.0257. The standard InChI is InChI=1S/C37H70O3/c1-4-6-7-8-9-10-11-12-13-14-15-16-17-18-19-20-21-22-23-24-25-26-27-28-29-30-31-32-33-36(3)37(38)40-35-39-34-5-2/h5H,2-4,6-35H2,1H3. The van der Waals surface area contributed by atoms with Crippen molar-refractivity contribution in [1.29, 1.82) is 0 Å². The van der Waals surface area contributed by atoms with E-state index in [1.807, 2.05) is 0 Å². The van der Waals surface area contributed by atoms with Crippen LogP contribution in [0.25, 0.3) is 0 Å². The van der Waals surface area contributed by atoms with Crippen molar-refractivity contribution < 1.29 is 14.3 Å². The Morgan fingerprint density at radius 3 is 1.12 bits per heavy atom. The van der Waals surface area contributed by atoms with Crippen molar-refractivity contribution in [1.82, 2.24) is 0 Å². The van der Waals surface area contributed by atoms with Crippen LogP contribution in [0.5, 0.6) is 0 Å². The average Bonchev–Trinajstić information content (AvgIpc) is 2.96. The fraction of sp³-hybridized carbons (Fsp3) is 0.865. The largest absolute Gasteiger partial charge is 0.435 e. The van der Waals surface area contributed by atoms with E-state index in [4.69, 9.17) is 9.47 Å². The fourth-order valence-corrected chi connectivity index (χ4v) is 5.44. The van der Waals surface area contributed by atoms with Crippen molar-refractivity contribution in [3.05, 3.63) is 24.8 Å². The van der Waals surface area contributed by atoms with E-state index in [0.29, 0.717) is 12.2 Å². The van der Waals surface area contributed by atoms with Gasteiger partial charge in [0.25, 0.3) is 0 Å². The normalized spacial score (nSPS) is 11.1. The first-order valence-corrected chi connectivity index (χ1v) is 17.8. The first-order chi connectivity index (χ1) is 19.7. The van der Waals surface area contributed by atoms with E-state index in [2.05, 4.69) is 20.1 Å². The second-order valence-corrected chi connectivity index (χ2v) is 12.1. The smallest absolute Gasteiger partial charge is 0.335 e. The molecule has 0 N–H and O–H groups in total. The third-order valence-electron chi connectivity index (χ3n) is 8.13. The predicted molar refractivity (Wildman–Crippen MR) is 176 cm³/mol. The molecule has 3 nitrogen and oxygen atoms in total. The van der Waals surface area contributed by atoms with Crippen molar-refractivity contribution in [3.8, 4) is 0 Å². The minimum Gasteiger partial charge on any atom is -0.435 e. The van der Waals surface area contributed by atoms with Gasteiger partial charge in [0.1, 0.15) is 0 Å². The van der Waals surface area contributed by atoms with Gasteiger partial charge in [0.15, 0.2) is 6.79 Å². The van der Waals surface area contributed by atoms with Gasteiger partial charge < -0.3 is 9.47 Å². The van der Waals surface area contributed by atoms with Gasteiger partial charge in [0, 0.05) is 5.57 Å². The Kier molecular flexibility index (Phi) is 33.2. The molecule has 0 amide bonds. The number of unbranched alkanes of at least 4 members (excludes halogenated alkanes) is 27. The SMILES string of the molecule is C=CCOCOC(=O)C(=C)CCCCCCCCCCCCCCCCCCCCCCCCCCCCCC. The van der Waals surface area contributed by atoms with Crippen LogP contribution in [0.4, 0.5) is 0 Å². The van der Waals surface area contributed by atoms with Crippen LogP contribution < -0.4 is 0 Å². The minimum atomic E-state index is -0.339. The van der Waals surface area contributed by atoms with Crippen LogP contribution in [0, 0.1) is 0 Å². The number of carbonyl (C=O) groups is 1. The topological polar surface area (TPSA) is 35.5 Å². The van der Waals surface area contributed by atoms with E-state index in [0.717, 1.165) is 12.8 Å². The van der Waals surface area contributed by atoms with Gasteiger partial charge in [-0.2, -0.15) is 0 Å². The van der Waals surface area contributed by atoms with E-state index < -0.39 is 0 Å². The predicted octanol–water partition coefficient (Wildman–Crippen LogP) is 12.6. The van der Waals surface area contributed by atoms with E-state index in [1.165, 1.54) is 173 Å². The second-order valence-electron chi connectivity index (χ2n) is 12.1. The molecule has 0 aliphatic heterocycles. The molecule has 0 aliphatic rings. The monoisotopic (exact) mass is 563 g/mol. The summed E-state index contributed by atoms with van der Waals surface area (Å²) in [5, 5.41) is 0. The average molecular weight is 563 g/mol. The van der Waals surface area contributed by atoms with Crippen LogP contribution in [0.15, 0.2) is 24.8 Å². The second kappa shape index (κ2) is 34.1. The van der Waals surface area contributed by atoms with E-state index in [-0.39, 0.29) is 12.8 Å². The number of esters is 1. The summed E-state index contributed by atoms with van der Waals surface area (Å²) in [6, 6.07) is 0. The van der Waals surface area contributed by atoms with E-state index >= 15 is 0 Å². The molecule has 0 aromatic heterocycles. The van der Waals surface area contributed by atoms with Gasteiger partial charge in [-0.3, -0.25) is 0 Å². The number of ether oxygens (including phenoxy) is 2. The van der Waals surface area contributed by atoms with Crippen molar-refractivity contribution in [2.75, 3.05) is 13.4 Å². The Labute approximate surface area is 251 Å². The molecule has 0 aromatic carbocycles. The number of hydrogen-bond donors (Lipinski definition) is 0. The molecule has 0 radical (unpaired) electrons. The molecule has 0 aromatic rings. The Hall–Kier alpha value is -1.09. The summed E-state index contributed by atoms with van der Waals surface area (Å²) in [6.45, 7) is 10.1. The lowest BCUT2D eigenvalue weighted by Gasteiger charge is -2.07. The molecule has 40 heavy (non-hydrogen) atoms. The van der Waals surface area contributed by atoms with Gasteiger partial charge in [-0.05, 0) is 12.8 Å². The maximum atomic E-state index is 11.8. The molecule has 0 saturated carbocycles. The lowest BCUT2D eigenvalue weighted by molar-refractivity contribution is -0.150. The maximum absolute atomic E-state index is 11.8. The van der Waals surface area contributed by atoms with Gasteiger partial charge in [-0.25, -0.2) is 4.79 Å². The van der Waals surface area contributed by atoms with Crippen molar-refractivity contribution in [3.63, 3.8) is 0 Å². The van der Waals surface area contributed by atoms with Gasteiger partial charge in [-0.1, -0.05) is 193 Å². The summed E-state index contributed by atoms with van der Waals surface area (Å²) in [4.78, 5) is 11.8. The number of carbonyl (C=O) groups excluding carboxylic acids is 1. The Balaban J connectivity index is 3.15. The molecule has 0 bridgehead atoms. The van der Waals surface area contributed by atoms with Gasteiger partial charge in [0.05, 0.1) is 6.61 Å². The Bertz CT molecular complexity index is 542. The summed E-state index contributed by atoms with van der Waals surface area (Å²) in [6.07, 6.45) is 41.7. The highest BCUT2D eigenvalue weighted by atomic mass is 16.7. The lowest BCUT2D eigenvalue weighted by atomic mass is 10.0. The molecule has 0 heterocycles. The van der Waals surface area contributed by atoms with Crippen molar-refractivity contribution in [2.24, 2.45) is 0 Å². The first-order valence-electron chi connectivity index (χ1n) is 17.8. The molecule has 0 spiro atoms. The van der Waals surface area contributed by atoms with Crippen LogP contribution in [0.1, 0.15) is 193 Å². The zero-order valence-corrected chi connectivity index (χ0v) is 27.1. The molecule has 0 fully saturated rings. The van der Waals surface area contributed by atoms with Crippen LogP contribution in [0.3, 0.4) is 0 Å². The molecule has 0 atom stereocenters. The first kappa shape index (κ1) is 38.9. The molecular weight excluding hydrogens is 492 g/mol. The zero-order valence-electron chi connectivity index (χ0n) is 27.1. The highest BCUT2D eigenvalue weighted by Gasteiger charge is 2.07. The summed E-state index contributed by atoms with van der Waals surface area (Å²) < 4.78 is 10.1. The molecular formula is C37H70O3. The molecule has 0 rings (SSSR count). The third-order valence-corrected chi connectivity index (χ3v) is 8.13. The summed E-state index contributed by atoms with van der Waals surface area (Å²) in [5.74, 6) is -0.339. The summed E-state index contributed by atoms with van der Waals surface area (Å²) in [7, 11) is 0. The minimum absolute atomic E-state index is 0.0244. The van der Waals surface area contributed by atoms with Crippen molar-refractivity contribution in [2.45, 2.75) is 193 Å². The molecule has 3 heteroatoms. The lowest BCUT2D eigenvalue weighted by Crippen LogP contribution is -2.10. The third kappa shape index (κ3) is 31.4. The maximum Gasteiger partial charge on any atom is 0.335 e. The highest BCUT2D eigenvalue weighted by Crippen LogP contribution is 2.17. The summed E-state index contributed by atoms with van der Waals surface area (Å²) >= 11 is 0. The molecule has 0 aliphatic carbocycles. The molecule has 236 valence electrons. The fourth-order valence-electron chi connectivity index (χ4n) is 5.44. The van der Waals surface area contributed by atoms with Crippen LogP contribution >= 0.6 is 0 Å². The van der Waals surface area contributed by atoms with Crippen LogP contribution in [-0.4, -0.2) is 19.4 Å². The van der Waals surface area contributed by atoms with Gasteiger partial charge in [-0.15, -0.1) is 6.58 Å². The van der Waals surface area contributed by atoms with E-state index in [9.17, 15) is 4.79 Å². The summed E-state index contributed by atoms with van der Waals surface area (Å²) in [5.41, 5.74) is 0.553. The highest BCUT2D eigenvalue weighted by molar-refractivity contribution is 5.87. The Morgan fingerprint density at radius 2 is 0.825 bits per heavy atom.